The minimum atomic E-state index is -0.681. The number of ether oxygens (including phenoxy) is 1. The van der Waals surface area contributed by atoms with E-state index in [1.165, 1.54) is 6.20 Å². The second-order valence-electron chi connectivity index (χ2n) is 9.78. The number of nitrogens with zero attached hydrogens (tertiary/aromatic N) is 5. The molecule has 1 aliphatic carbocycles. The number of hydrazone groups is 1. The van der Waals surface area contributed by atoms with Crippen molar-refractivity contribution in [3.8, 4) is 6.07 Å². The lowest BCUT2D eigenvalue weighted by molar-refractivity contribution is -0.116. The van der Waals surface area contributed by atoms with Crippen LogP contribution in [0.4, 0.5) is 10.2 Å². The van der Waals surface area contributed by atoms with Gasteiger partial charge in [0.2, 0.25) is 0 Å². The van der Waals surface area contributed by atoms with Gasteiger partial charge in [0.05, 0.1) is 36.3 Å². The molecule has 2 fully saturated rings. The van der Waals surface area contributed by atoms with Gasteiger partial charge in [0, 0.05) is 54.7 Å². The second kappa shape index (κ2) is 14.4. The predicted molar refractivity (Wildman–Crippen MR) is 156 cm³/mol. The Balaban J connectivity index is 0.00000216. The smallest absolute Gasteiger partial charge is 0.252 e. The van der Waals surface area contributed by atoms with Crippen molar-refractivity contribution >= 4 is 30.0 Å². The number of dihydropyridines is 1. The number of hydrogen-bond donors (Lipinski definition) is 2. The number of amides is 1. The SMILES string of the molecule is C=NN(/C(C)=C(\C)C(=O)NC1=CC=C(C2(C#N)CCC(N3CCOCC3)CC2)NC1)c1ncc(Cl)cc1F.CC. The Morgan fingerprint density at radius 1 is 1.32 bits per heavy atom. The lowest BCUT2D eigenvalue weighted by Gasteiger charge is -2.42. The van der Waals surface area contributed by atoms with Crippen LogP contribution in [0.5, 0.6) is 0 Å². The Morgan fingerprint density at radius 2 is 2.00 bits per heavy atom. The minimum absolute atomic E-state index is 0.106. The first-order valence-electron chi connectivity index (χ1n) is 13.7. The molecule has 1 saturated carbocycles. The molecule has 4 rings (SSSR count). The van der Waals surface area contributed by atoms with E-state index in [1.54, 1.807) is 13.8 Å². The molecule has 2 aliphatic heterocycles. The molecular formula is C29H39ClFN7O2. The van der Waals surface area contributed by atoms with Crippen LogP contribution in [-0.2, 0) is 9.53 Å². The molecular weight excluding hydrogens is 533 g/mol. The molecule has 0 spiro atoms. The first kappa shape index (κ1) is 31.3. The summed E-state index contributed by atoms with van der Waals surface area (Å²) < 4.78 is 19.9. The van der Waals surface area contributed by atoms with Crippen LogP contribution >= 0.6 is 11.6 Å². The average molecular weight is 572 g/mol. The van der Waals surface area contributed by atoms with E-state index < -0.39 is 11.2 Å². The van der Waals surface area contributed by atoms with Crippen LogP contribution < -0.4 is 15.6 Å². The fourth-order valence-electron chi connectivity index (χ4n) is 5.21. The number of rotatable bonds is 7. The quantitative estimate of drug-likeness (QED) is 0.273. The molecule has 1 saturated heterocycles. The highest BCUT2D eigenvalue weighted by Gasteiger charge is 2.41. The summed E-state index contributed by atoms with van der Waals surface area (Å²) >= 11 is 5.80. The Morgan fingerprint density at radius 3 is 2.55 bits per heavy atom. The Kier molecular flexibility index (Phi) is 11.3. The average Bonchev–Trinajstić information content (AvgIpc) is 3.00. The van der Waals surface area contributed by atoms with Crippen molar-refractivity contribution in [1.29, 1.82) is 5.26 Å². The van der Waals surface area contributed by atoms with Gasteiger partial charge in [-0.05, 0) is 57.7 Å². The number of carbonyl (C=O) groups is 1. The fourth-order valence-corrected chi connectivity index (χ4v) is 5.35. The van der Waals surface area contributed by atoms with Crippen molar-refractivity contribution in [2.24, 2.45) is 10.5 Å². The van der Waals surface area contributed by atoms with Crippen molar-refractivity contribution in [1.82, 2.24) is 20.5 Å². The molecule has 0 unspecified atom stereocenters. The molecule has 3 heterocycles. The van der Waals surface area contributed by atoms with Crippen LogP contribution in [0.15, 0.2) is 52.2 Å². The van der Waals surface area contributed by atoms with Gasteiger partial charge in [-0.3, -0.25) is 9.69 Å². The zero-order chi connectivity index (χ0) is 29.3. The van der Waals surface area contributed by atoms with E-state index in [4.69, 9.17) is 16.3 Å². The van der Waals surface area contributed by atoms with E-state index in [-0.39, 0.29) is 16.7 Å². The third kappa shape index (κ3) is 7.08. The van der Waals surface area contributed by atoms with Gasteiger partial charge < -0.3 is 15.4 Å². The summed E-state index contributed by atoms with van der Waals surface area (Å²) in [4.78, 5) is 19.5. The number of nitriles is 1. The molecule has 40 heavy (non-hydrogen) atoms. The Labute approximate surface area is 241 Å². The number of halogens is 2. The number of morpholine rings is 1. The highest BCUT2D eigenvalue weighted by Crippen LogP contribution is 2.43. The van der Waals surface area contributed by atoms with Gasteiger partial charge in [0.1, 0.15) is 0 Å². The van der Waals surface area contributed by atoms with E-state index >= 15 is 0 Å². The van der Waals surface area contributed by atoms with Crippen LogP contribution in [0.25, 0.3) is 0 Å². The van der Waals surface area contributed by atoms with Crippen LogP contribution in [0.3, 0.4) is 0 Å². The van der Waals surface area contributed by atoms with Gasteiger partial charge in [-0.1, -0.05) is 25.4 Å². The zero-order valence-corrected chi connectivity index (χ0v) is 24.5. The molecule has 2 N–H and O–H groups in total. The molecule has 0 radical (unpaired) electrons. The van der Waals surface area contributed by atoms with Crippen molar-refractivity contribution in [3.63, 3.8) is 0 Å². The summed E-state index contributed by atoms with van der Waals surface area (Å²) in [6, 6.07) is 4.19. The van der Waals surface area contributed by atoms with Crippen molar-refractivity contribution < 1.29 is 13.9 Å². The highest BCUT2D eigenvalue weighted by molar-refractivity contribution is 6.30. The van der Waals surface area contributed by atoms with Gasteiger partial charge in [-0.2, -0.15) is 10.4 Å². The summed E-state index contributed by atoms with van der Waals surface area (Å²) in [6.45, 7) is 14.6. The number of pyridine rings is 1. The Hall–Kier alpha value is -3.26. The lowest BCUT2D eigenvalue weighted by atomic mass is 9.70. The molecule has 1 aromatic rings. The number of nitrogens with one attached hydrogen (secondary N) is 2. The largest absolute Gasteiger partial charge is 0.381 e. The van der Waals surface area contributed by atoms with Crippen molar-refractivity contribution in [2.45, 2.75) is 59.4 Å². The van der Waals surface area contributed by atoms with Gasteiger partial charge in [-0.25, -0.2) is 14.4 Å². The molecule has 216 valence electrons. The number of anilines is 1. The topological polar surface area (TPSA) is 106 Å². The maximum atomic E-state index is 14.4. The lowest BCUT2D eigenvalue weighted by Crippen LogP contribution is -2.47. The summed E-state index contributed by atoms with van der Waals surface area (Å²) in [7, 11) is 0. The van der Waals surface area contributed by atoms with E-state index in [2.05, 4.69) is 38.4 Å². The monoisotopic (exact) mass is 571 g/mol. The molecule has 3 aliphatic rings. The van der Waals surface area contributed by atoms with Crippen LogP contribution in [0.1, 0.15) is 53.4 Å². The standard InChI is InChI=1S/C27H33ClFN7O2.C2H6/c1-18(19(2)36(31-3)25-23(29)14-20(28)15-33-25)26(37)34-21-4-5-24(32-16-21)27(17-30)8-6-22(7-9-27)35-10-12-38-13-11-35;1-2/h4-5,14-15,22,32H,3,6-13,16H2,1-2H3,(H,34,37);1-2H3/b19-18+;. The first-order valence-corrected chi connectivity index (χ1v) is 14.1. The maximum Gasteiger partial charge on any atom is 0.252 e. The summed E-state index contributed by atoms with van der Waals surface area (Å²) in [5, 5.41) is 21.5. The first-order chi connectivity index (χ1) is 19.3. The van der Waals surface area contributed by atoms with Gasteiger partial charge in [0.25, 0.3) is 5.91 Å². The second-order valence-corrected chi connectivity index (χ2v) is 10.2. The third-order valence-corrected chi connectivity index (χ3v) is 7.83. The zero-order valence-electron chi connectivity index (χ0n) is 23.8. The number of aromatic nitrogens is 1. The van der Waals surface area contributed by atoms with Gasteiger partial charge in [-0.15, -0.1) is 0 Å². The molecule has 1 aromatic heterocycles. The van der Waals surface area contributed by atoms with E-state index in [1.807, 2.05) is 26.0 Å². The number of hydrogen-bond acceptors (Lipinski definition) is 8. The minimum Gasteiger partial charge on any atom is -0.381 e. The summed E-state index contributed by atoms with van der Waals surface area (Å²) in [6.07, 6.45) is 8.56. The maximum absolute atomic E-state index is 14.4. The fraction of sp³-hybridized carbons (Fsp3) is 0.517. The molecule has 9 nitrogen and oxygen atoms in total. The van der Waals surface area contributed by atoms with Crippen LogP contribution in [-0.4, -0.2) is 61.4 Å². The molecule has 0 bridgehead atoms. The predicted octanol–water partition coefficient (Wildman–Crippen LogP) is 4.89. The highest BCUT2D eigenvalue weighted by atomic mass is 35.5. The number of carbonyl (C=O) groups excluding carboxylic acids is 1. The summed E-state index contributed by atoms with van der Waals surface area (Å²) in [5.41, 5.74) is 1.70. The van der Waals surface area contributed by atoms with Gasteiger partial charge in [0.15, 0.2) is 11.6 Å². The van der Waals surface area contributed by atoms with E-state index in [0.717, 1.165) is 68.8 Å². The molecule has 1 amide bonds. The molecule has 0 aromatic carbocycles. The number of allylic oxidation sites excluding steroid dienone is 4. The normalized spacial score (nSPS) is 23.6. The van der Waals surface area contributed by atoms with E-state index in [9.17, 15) is 14.4 Å². The molecule has 11 heteroatoms. The van der Waals surface area contributed by atoms with Gasteiger partial charge >= 0.3 is 0 Å². The van der Waals surface area contributed by atoms with Crippen LogP contribution in [0, 0.1) is 22.6 Å². The molecule has 0 atom stereocenters. The summed E-state index contributed by atoms with van der Waals surface area (Å²) in [5.74, 6) is -1.15. The van der Waals surface area contributed by atoms with Crippen molar-refractivity contribution in [3.05, 3.63) is 57.9 Å². The Bertz CT molecular complexity index is 1210. The van der Waals surface area contributed by atoms with E-state index in [0.29, 0.717) is 29.6 Å². The third-order valence-electron chi connectivity index (χ3n) is 7.63. The van der Waals surface area contributed by atoms with Crippen molar-refractivity contribution in [2.75, 3.05) is 37.9 Å². The van der Waals surface area contributed by atoms with Crippen LogP contribution in [0.2, 0.25) is 5.02 Å².